The van der Waals surface area contributed by atoms with Crippen LogP contribution in [0.1, 0.15) is 41.4 Å². The van der Waals surface area contributed by atoms with Gasteiger partial charge in [0, 0.05) is 24.6 Å². The number of nitrogens with zero attached hydrogens (tertiary/aromatic N) is 2. The van der Waals surface area contributed by atoms with Gasteiger partial charge in [-0.2, -0.15) is 0 Å². The van der Waals surface area contributed by atoms with E-state index in [0.29, 0.717) is 48.6 Å². The lowest BCUT2D eigenvalue weighted by Crippen LogP contribution is -2.27. The van der Waals surface area contributed by atoms with Crippen molar-refractivity contribution in [2.75, 3.05) is 38.1 Å². The summed E-state index contributed by atoms with van der Waals surface area (Å²) in [5.41, 5.74) is 4.83. The van der Waals surface area contributed by atoms with E-state index >= 15 is 0 Å². The molecule has 9 heteroatoms. The average Bonchev–Trinajstić information content (AvgIpc) is 3.54. The molecule has 36 heavy (non-hydrogen) atoms. The predicted molar refractivity (Wildman–Crippen MR) is 137 cm³/mol. The van der Waals surface area contributed by atoms with Crippen LogP contribution in [0.25, 0.3) is 11.0 Å². The highest BCUT2D eigenvalue weighted by Crippen LogP contribution is 2.34. The number of ether oxygens (including phenoxy) is 3. The Balaban J connectivity index is 1.47. The molecule has 0 saturated carbocycles. The fraction of sp³-hybridized carbons (Fsp3) is 0.444. The Morgan fingerprint density at radius 3 is 2.78 bits per heavy atom. The Bertz CT molecular complexity index is 1300. The maximum absolute atomic E-state index is 13.0. The van der Waals surface area contributed by atoms with E-state index in [1.165, 1.54) is 18.2 Å². The Hall–Kier alpha value is -3.59. The number of anilines is 2. The van der Waals surface area contributed by atoms with Gasteiger partial charge in [-0.25, -0.2) is 9.78 Å². The predicted octanol–water partition coefficient (Wildman–Crippen LogP) is 3.80. The molecule has 0 radical (unpaired) electrons. The summed E-state index contributed by atoms with van der Waals surface area (Å²) in [5.74, 6) is -0.0602. The first-order valence-electron chi connectivity index (χ1n) is 12.4. The standard InChI is InChI=1S/C27H32N4O5/c1-4-31-24(27(33)35-3)23(30-26(32)17-9-10-36-15-17)22-13-20(14-28-25(22)31)29-19-7-5-16-6-8-21(34-2)12-18(16)11-19/h6,8,12-14,17,19,29H,4-5,7,9-11,15H2,1-3H3,(H,30,32). The molecule has 2 N–H and O–H groups in total. The van der Waals surface area contributed by atoms with E-state index in [-0.39, 0.29) is 17.9 Å². The molecule has 190 valence electrons. The number of aromatic nitrogens is 2. The number of pyridine rings is 1. The second kappa shape index (κ2) is 10.2. The number of hydrogen-bond donors (Lipinski definition) is 2. The molecule has 2 unspecified atom stereocenters. The van der Waals surface area contributed by atoms with Crippen molar-refractivity contribution in [3.05, 3.63) is 47.3 Å². The highest BCUT2D eigenvalue weighted by Gasteiger charge is 2.29. The fourth-order valence-corrected chi connectivity index (χ4v) is 5.23. The number of carbonyl (C=O) groups excluding carboxylic acids is 2. The first-order valence-corrected chi connectivity index (χ1v) is 12.4. The zero-order chi connectivity index (χ0) is 25.2. The number of carbonyl (C=O) groups is 2. The van der Waals surface area contributed by atoms with E-state index in [2.05, 4.69) is 27.8 Å². The highest BCUT2D eigenvalue weighted by molar-refractivity contribution is 6.11. The summed E-state index contributed by atoms with van der Waals surface area (Å²) in [6.45, 7) is 3.38. The van der Waals surface area contributed by atoms with Gasteiger partial charge < -0.3 is 29.4 Å². The molecule has 2 aliphatic rings. The minimum atomic E-state index is -0.514. The summed E-state index contributed by atoms with van der Waals surface area (Å²) < 4.78 is 17.6. The van der Waals surface area contributed by atoms with E-state index in [1.54, 1.807) is 17.9 Å². The number of rotatable bonds is 7. The average molecular weight is 493 g/mol. The molecular formula is C27H32N4O5. The van der Waals surface area contributed by atoms with Gasteiger partial charge in [0.25, 0.3) is 0 Å². The molecule has 1 fully saturated rings. The molecule has 1 aliphatic heterocycles. The molecule has 9 nitrogen and oxygen atoms in total. The van der Waals surface area contributed by atoms with Gasteiger partial charge in [0.05, 0.1) is 44.3 Å². The molecule has 1 aromatic carbocycles. The molecule has 3 heterocycles. The number of fused-ring (bicyclic) bond motifs is 2. The monoisotopic (exact) mass is 492 g/mol. The summed E-state index contributed by atoms with van der Waals surface area (Å²) in [7, 11) is 3.02. The first-order chi connectivity index (χ1) is 17.5. The molecule has 2 atom stereocenters. The van der Waals surface area contributed by atoms with Crippen LogP contribution < -0.4 is 15.4 Å². The van der Waals surface area contributed by atoms with Crippen LogP contribution in [0.2, 0.25) is 0 Å². The van der Waals surface area contributed by atoms with Gasteiger partial charge in [-0.1, -0.05) is 6.07 Å². The normalized spacial score (nSPS) is 19.1. The number of aryl methyl sites for hydroxylation is 2. The van der Waals surface area contributed by atoms with E-state index < -0.39 is 5.97 Å². The Labute approximate surface area is 210 Å². The Kier molecular flexibility index (Phi) is 6.82. The van der Waals surface area contributed by atoms with E-state index in [0.717, 1.165) is 30.7 Å². The van der Waals surface area contributed by atoms with E-state index in [4.69, 9.17) is 14.2 Å². The van der Waals surface area contributed by atoms with Crippen LogP contribution in [0.15, 0.2) is 30.5 Å². The van der Waals surface area contributed by atoms with Crippen LogP contribution in [-0.4, -0.2) is 54.9 Å². The van der Waals surface area contributed by atoms with Crippen molar-refractivity contribution in [3.8, 4) is 5.75 Å². The van der Waals surface area contributed by atoms with Gasteiger partial charge in [0.15, 0.2) is 5.69 Å². The molecule has 1 aliphatic carbocycles. The molecule has 1 saturated heterocycles. The van der Waals surface area contributed by atoms with Gasteiger partial charge in [-0.15, -0.1) is 0 Å². The Morgan fingerprint density at radius 2 is 2.06 bits per heavy atom. The number of benzene rings is 1. The lowest BCUT2D eigenvalue weighted by atomic mass is 9.88. The van der Waals surface area contributed by atoms with Gasteiger partial charge in [-0.05, 0) is 61.9 Å². The summed E-state index contributed by atoms with van der Waals surface area (Å²) in [5, 5.41) is 7.32. The van der Waals surface area contributed by atoms with Gasteiger partial charge in [-0.3, -0.25) is 4.79 Å². The van der Waals surface area contributed by atoms with E-state index in [9.17, 15) is 9.59 Å². The van der Waals surface area contributed by atoms with Crippen LogP contribution in [0, 0.1) is 5.92 Å². The largest absolute Gasteiger partial charge is 0.497 e. The number of amides is 1. The van der Waals surface area contributed by atoms with Crippen LogP contribution in [0.4, 0.5) is 11.4 Å². The smallest absolute Gasteiger partial charge is 0.356 e. The fourth-order valence-electron chi connectivity index (χ4n) is 5.23. The maximum atomic E-state index is 13.0. The summed E-state index contributed by atoms with van der Waals surface area (Å²) in [4.78, 5) is 30.5. The number of esters is 1. The molecule has 1 amide bonds. The van der Waals surface area contributed by atoms with Crippen LogP contribution in [0.5, 0.6) is 5.75 Å². The minimum Gasteiger partial charge on any atom is -0.497 e. The van der Waals surface area contributed by atoms with Crippen molar-refractivity contribution < 1.29 is 23.8 Å². The molecule has 2 aromatic heterocycles. The van der Waals surface area contributed by atoms with Crippen molar-refractivity contribution in [2.24, 2.45) is 5.92 Å². The van der Waals surface area contributed by atoms with Gasteiger partial charge >= 0.3 is 5.97 Å². The van der Waals surface area contributed by atoms with Crippen molar-refractivity contribution in [1.29, 1.82) is 0 Å². The molecule has 5 rings (SSSR count). The quantitative estimate of drug-likeness (QED) is 0.484. The second-order valence-corrected chi connectivity index (χ2v) is 9.32. The summed E-state index contributed by atoms with van der Waals surface area (Å²) in [6, 6.07) is 8.45. The number of nitrogens with one attached hydrogen (secondary N) is 2. The van der Waals surface area contributed by atoms with Crippen LogP contribution in [-0.2, 0) is 33.7 Å². The molecule has 0 spiro atoms. The van der Waals surface area contributed by atoms with E-state index in [1.807, 2.05) is 19.1 Å². The minimum absolute atomic E-state index is 0.163. The summed E-state index contributed by atoms with van der Waals surface area (Å²) in [6.07, 6.45) is 5.29. The van der Waals surface area contributed by atoms with Crippen molar-refractivity contribution >= 4 is 34.3 Å². The third kappa shape index (κ3) is 4.51. The first kappa shape index (κ1) is 24.1. The maximum Gasteiger partial charge on any atom is 0.356 e. The third-order valence-electron chi connectivity index (χ3n) is 7.15. The van der Waals surface area contributed by atoms with Gasteiger partial charge in [0.2, 0.25) is 5.91 Å². The molecule has 3 aromatic rings. The van der Waals surface area contributed by atoms with Crippen molar-refractivity contribution in [1.82, 2.24) is 9.55 Å². The number of hydrogen-bond acceptors (Lipinski definition) is 7. The Morgan fingerprint density at radius 1 is 1.19 bits per heavy atom. The molecule has 0 bridgehead atoms. The van der Waals surface area contributed by atoms with Crippen LogP contribution >= 0.6 is 0 Å². The van der Waals surface area contributed by atoms with Crippen molar-refractivity contribution in [3.63, 3.8) is 0 Å². The summed E-state index contributed by atoms with van der Waals surface area (Å²) >= 11 is 0. The zero-order valence-corrected chi connectivity index (χ0v) is 20.9. The number of methoxy groups -OCH3 is 2. The SMILES string of the molecule is CCn1c(C(=O)OC)c(NC(=O)C2CCOC2)c2cc(NC3CCc4ccc(OC)cc4C3)cnc21. The van der Waals surface area contributed by atoms with Crippen LogP contribution in [0.3, 0.4) is 0 Å². The highest BCUT2D eigenvalue weighted by atomic mass is 16.5. The van der Waals surface area contributed by atoms with Crippen molar-refractivity contribution in [2.45, 2.75) is 45.2 Å². The lowest BCUT2D eigenvalue weighted by Gasteiger charge is -2.26. The lowest BCUT2D eigenvalue weighted by molar-refractivity contribution is -0.119. The molecular weight excluding hydrogens is 460 g/mol. The zero-order valence-electron chi connectivity index (χ0n) is 20.9. The van der Waals surface area contributed by atoms with Gasteiger partial charge in [0.1, 0.15) is 11.4 Å². The third-order valence-corrected chi connectivity index (χ3v) is 7.15. The topological polar surface area (TPSA) is 104 Å². The second-order valence-electron chi connectivity index (χ2n) is 9.32.